The second-order valence-electron chi connectivity index (χ2n) is 4.56. The van der Waals surface area contributed by atoms with E-state index in [2.05, 4.69) is 20.6 Å². The summed E-state index contributed by atoms with van der Waals surface area (Å²) in [4.78, 5) is 30.6. The van der Waals surface area contributed by atoms with Gasteiger partial charge in [-0.1, -0.05) is 0 Å². The van der Waals surface area contributed by atoms with Crippen molar-refractivity contribution in [2.24, 2.45) is 0 Å². The summed E-state index contributed by atoms with van der Waals surface area (Å²) in [5, 5.41) is 5.25. The zero-order chi connectivity index (χ0) is 13.8. The molecule has 2 heterocycles. The van der Waals surface area contributed by atoms with Gasteiger partial charge in [-0.05, 0) is 20.3 Å². The summed E-state index contributed by atoms with van der Waals surface area (Å²) in [6.07, 6.45) is 2.16. The molecule has 0 aliphatic carbocycles. The zero-order valence-electron chi connectivity index (χ0n) is 10.8. The van der Waals surface area contributed by atoms with Crippen LogP contribution in [-0.4, -0.2) is 33.9 Å². The highest BCUT2D eigenvalue weighted by Gasteiger charge is 2.26. The van der Waals surface area contributed by atoms with Gasteiger partial charge in [0.1, 0.15) is 18.2 Å². The fourth-order valence-electron chi connectivity index (χ4n) is 1.73. The third-order valence-electron chi connectivity index (χ3n) is 2.56. The number of aromatic nitrogens is 2. The smallest absolute Gasteiger partial charge is 0.249 e. The fourth-order valence-corrected chi connectivity index (χ4v) is 1.73. The van der Waals surface area contributed by atoms with Gasteiger partial charge in [-0.3, -0.25) is 14.9 Å². The number of carbonyl (C=O) groups is 2. The molecule has 7 nitrogen and oxygen atoms in total. The van der Waals surface area contributed by atoms with Gasteiger partial charge in [0.25, 0.3) is 0 Å². The van der Waals surface area contributed by atoms with Crippen LogP contribution in [0.15, 0.2) is 12.4 Å². The summed E-state index contributed by atoms with van der Waals surface area (Å²) >= 11 is 0. The van der Waals surface area contributed by atoms with Crippen molar-refractivity contribution in [2.75, 3.05) is 5.32 Å². The maximum absolute atomic E-state index is 11.6. The topological polar surface area (TPSA) is 93.2 Å². The Morgan fingerprint density at radius 1 is 1.42 bits per heavy atom. The number of nitrogens with zero attached hydrogens (tertiary/aromatic N) is 2. The van der Waals surface area contributed by atoms with Crippen molar-refractivity contribution in [3.8, 4) is 5.88 Å². The molecule has 0 spiro atoms. The van der Waals surface area contributed by atoms with Crippen molar-refractivity contribution >= 4 is 17.6 Å². The number of rotatable bonds is 4. The lowest BCUT2D eigenvalue weighted by molar-refractivity contribution is -0.133. The highest BCUT2D eigenvalue weighted by atomic mass is 16.5. The molecule has 19 heavy (non-hydrogen) atoms. The van der Waals surface area contributed by atoms with E-state index in [0.717, 1.165) is 0 Å². The molecule has 2 amide bonds. The van der Waals surface area contributed by atoms with E-state index >= 15 is 0 Å². The van der Waals surface area contributed by atoms with Gasteiger partial charge in [-0.15, -0.1) is 0 Å². The first-order valence-corrected chi connectivity index (χ1v) is 6.13. The van der Waals surface area contributed by atoms with Gasteiger partial charge >= 0.3 is 0 Å². The Morgan fingerprint density at radius 2 is 2.21 bits per heavy atom. The van der Waals surface area contributed by atoms with Crippen molar-refractivity contribution < 1.29 is 14.3 Å². The molecule has 0 bridgehead atoms. The highest BCUT2D eigenvalue weighted by molar-refractivity contribution is 6.01. The molecule has 1 unspecified atom stereocenters. The van der Waals surface area contributed by atoms with E-state index in [1.54, 1.807) is 6.07 Å². The summed E-state index contributed by atoms with van der Waals surface area (Å²) in [5.74, 6) is 0.371. The lowest BCUT2D eigenvalue weighted by Gasteiger charge is -2.22. The lowest BCUT2D eigenvalue weighted by Crippen LogP contribution is -2.47. The zero-order valence-corrected chi connectivity index (χ0v) is 10.8. The Morgan fingerprint density at radius 3 is 2.89 bits per heavy atom. The predicted octanol–water partition coefficient (Wildman–Crippen LogP) is 0.481. The van der Waals surface area contributed by atoms with Crippen LogP contribution in [0.3, 0.4) is 0 Å². The molecular formula is C12H16N4O3. The highest BCUT2D eigenvalue weighted by Crippen LogP contribution is 2.15. The van der Waals surface area contributed by atoms with Crippen molar-refractivity contribution in [3.05, 3.63) is 12.4 Å². The third-order valence-corrected chi connectivity index (χ3v) is 2.56. The summed E-state index contributed by atoms with van der Waals surface area (Å²) in [5.41, 5.74) is 0. The number of carbonyl (C=O) groups excluding carboxylic acids is 2. The fraction of sp³-hybridized carbons (Fsp3) is 0.500. The molecule has 0 saturated carbocycles. The Balaban J connectivity index is 2.02. The first-order chi connectivity index (χ1) is 9.04. The molecule has 2 rings (SSSR count). The van der Waals surface area contributed by atoms with Gasteiger partial charge in [-0.25, -0.2) is 9.97 Å². The predicted molar refractivity (Wildman–Crippen MR) is 67.6 cm³/mol. The molecule has 102 valence electrons. The van der Waals surface area contributed by atoms with Crippen LogP contribution in [-0.2, 0) is 9.59 Å². The van der Waals surface area contributed by atoms with Gasteiger partial charge in [0.05, 0.1) is 6.10 Å². The maximum Gasteiger partial charge on any atom is 0.249 e. The number of imide groups is 1. The van der Waals surface area contributed by atoms with Gasteiger partial charge in [-0.2, -0.15) is 0 Å². The van der Waals surface area contributed by atoms with Crippen LogP contribution in [0.4, 0.5) is 5.82 Å². The molecule has 1 fully saturated rings. The van der Waals surface area contributed by atoms with Crippen LogP contribution in [0.1, 0.15) is 26.7 Å². The first kappa shape index (κ1) is 13.3. The molecule has 1 aliphatic rings. The number of anilines is 1. The quantitative estimate of drug-likeness (QED) is 0.768. The molecule has 0 aromatic carbocycles. The van der Waals surface area contributed by atoms with Crippen molar-refractivity contribution in [1.29, 1.82) is 0 Å². The standard InChI is InChI=1S/C12H16N4O3/c1-7(2)19-11-5-9(13-6-14-11)15-8-3-4-10(17)16-12(8)18/h5-8H,3-4H2,1-2H3,(H,13,14,15)(H,16,17,18). The van der Waals surface area contributed by atoms with E-state index < -0.39 is 6.04 Å². The van der Waals surface area contributed by atoms with E-state index in [4.69, 9.17) is 4.74 Å². The van der Waals surface area contributed by atoms with Crippen LogP contribution in [0.5, 0.6) is 5.88 Å². The lowest BCUT2D eigenvalue weighted by atomic mass is 10.1. The van der Waals surface area contributed by atoms with Gasteiger partial charge in [0.2, 0.25) is 17.7 Å². The molecule has 1 aromatic rings. The number of ether oxygens (including phenoxy) is 1. The molecule has 1 aromatic heterocycles. The minimum absolute atomic E-state index is 0.0124. The van der Waals surface area contributed by atoms with Crippen LogP contribution in [0, 0.1) is 0 Å². The third kappa shape index (κ3) is 3.64. The second-order valence-corrected chi connectivity index (χ2v) is 4.56. The van der Waals surface area contributed by atoms with E-state index in [0.29, 0.717) is 24.5 Å². The number of hydrogen-bond acceptors (Lipinski definition) is 6. The normalized spacial score (nSPS) is 19.2. The molecule has 1 atom stereocenters. The number of piperidine rings is 1. The number of hydrogen-bond donors (Lipinski definition) is 2. The Kier molecular flexibility index (Phi) is 3.94. The van der Waals surface area contributed by atoms with Crippen molar-refractivity contribution in [2.45, 2.75) is 38.8 Å². The second kappa shape index (κ2) is 5.64. The van der Waals surface area contributed by atoms with E-state index in [1.165, 1.54) is 6.33 Å². The summed E-state index contributed by atoms with van der Waals surface area (Å²) < 4.78 is 5.44. The van der Waals surface area contributed by atoms with Crippen LogP contribution < -0.4 is 15.4 Å². The Bertz CT molecular complexity index is 490. The van der Waals surface area contributed by atoms with E-state index in [-0.39, 0.29) is 17.9 Å². The van der Waals surface area contributed by atoms with Crippen LogP contribution in [0.2, 0.25) is 0 Å². The number of amides is 2. The average molecular weight is 264 g/mol. The monoisotopic (exact) mass is 264 g/mol. The minimum atomic E-state index is -0.459. The van der Waals surface area contributed by atoms with E-state index in [9.17, 15) is 9.59 Å². The van der Waals surface area contributed by atoms with Gasteiger partial charge in [0, 0.05) is 12.5 Å². The SMILES string of the molecule is CC(C)Oc1cc(NC2CCC(=O)NC2=O)ncn1. The van der Waals surface area contributed by atoms with E-state index in [1.807, 2.05) is 13.8 Å². The Hall–Kier alpha value is -2.18. The molecule has 2 N–H and O–H groups in total. The van der Waals surface area contributed by atoms with Crippen molar-refractivity contribution in [1.82, 2.24) is 15.3 Å². The molecule has 1 aliphatic heterocycles. The van der Waals surface area contributed by atoms with Crippen LogP contribution >= 0.6 is 0 Å². The summed E-state index contributed by atoms with van der Waals surface area (Å²) in [7, 11) is 0. The van der Waals surface area contributed by atoms with Gasteiger partial charge in [0.15, 0.2) is 0 Å². The van der Waals surface area contributed by atoms with Gasteiger partial charge < -0.3 is 10.1 Å². The maximum atomic E-state index is 11.6. The Labute approximate surface area is 110 Å². The largest absolute Gasteiger partial charge is 0.475 e. The van der Waals surface area contributed by atoms with Crippen LogP contribution in [0.25, 0.3) is 0 Å². The molecular weight excluding hydrogens is 248 g/mol. The summed E-state index contributed by atoms with van der Waals surface area (Å²) in [6, 6.07) is 1.17. The number of nitrogens with one attached hydrogen (secondary N) is 2. The molecule has 7 heteroatoms. The average Bonchev–Trinajstić information content (AvgIpc) is 2.32. The molecule has 1 saturated heterocycles. The first-order valence-electron chi connectivity index (χ1n) is 6.13. The molecule has 0 radical (unpaired) electrons. The summed E-state index contributed by atoms with van der Waals surface area (Å²) in [6.45, 7) is 3.80. The minimum Gasteiger partial charge on any atom is -0.475 e. The van der Waals surface area contributed by atoms with Crippen molar-refractivity contribution in [3.63, 3.8) is 0 Å².